The van der Waals surface area contributed by atoms with Gasteiger partial charge in [-0.2, -0.15) is 0 Å². The number of rotatable bonds is 18. The van der Waals surface area contributed by atoms with Gasteiger partial charge in [0.15, 0.2) is 6.73 Å². The Morgan fingerprint density at radius 1 is 0.857 bits per heavy atom. The quantitative estimate of drug-likeness (QED) is 0.112. The van der Waals surface area contributed by atoms with Crippen molar-refractivity contribution in [1.29, 1.82) is 0 Å². The minimum Gasteiger partial charge on any atom is -0.494 e. The summed E-state index contributed by atoms with van der Waals surface area (Å²) in [6.07, 6.45) is 8.62. The number of aryl methyl sites for hydroxylation is 1. The third-order valence-corrected chi connectivity index (χ3v) is 11.5. The lowest BCUT2D eigenvalue weighted by molar-refractivity contribution is -0.119. The summed E-state index contributed by atoms with van der Waals surface area (Å²) in [4.78, 5) is 31.8. The maximum absolute atomic E-state index is 12.9. The second-order valence-electron chi connectivity index (χ2n) is 14.4. The first-order valence-electron chi connectivity index (χ1n) is 18.3. The van der Waals surface area contributed by atoms with Crippen LogP contribution in [-0.4, -0.2) is 69.6 Å². The summed E-state index contributed by atoms with van der Waals surface area (Å²) in [5.41, 5.74) is 3.14. The minimum absolute atomic E-state index is 0.0801. The van der Waals surface area contributed by atoms with Crippen molar-refractivity contribution < 1.29 is 23.8 Å². The molecule has 4 rings (SSSR count). The Labute approximate surface area is 304 Å². The van der Waals surface area contributed by atoms with E-state index in [1.165, 1.54) is 17.7 Å². The molecule has 2 aliphatic rings. The molecule has 2 atom stereocenters. The molecule has 8 nitrogen and oxygen atoms in total. The number of hydrogen-bond donors (Lipinski definition) is 0. The van der Waals surface area contributed by atoms with Crippen molar-refractivity contribution in [2.24, 2.45) is 10.8 Å². The molecular weight excluding hydrogens is 661 g/mol. The Morgan fingerprint density at radius 2 is 1.59 bits per heavy atom. The van der Waals surface area contributed by atoms with Gasteiger partial charge in [-0.25, -0.2) is 4.79 Å². The molecule has 0 aliphatic carbocycles. The third-order valence-electron chi connectivity index (χ3n) is 10.7. The molecular formula is C39H57Cl2N3O5. The van der Waals surface area contributed by atoms with Gasteiger partial charge in [0.2, 0.25) is 5.91 Å². The van der Waals surface area contributed by atoms with Crippen molar-refractivity contribution in [3.8, 4) is 5.75 Å². The van der Waals surface area contributed by atoms with Gasteiger partial charge in [0, 0.05) is 38.7 Å². The predicted octanol–water partition coefficient (Wildman–Crippen LogP) is 9.78. The molecule has 0 saturated carbocycles. The smallest absolute Gasteiger partial charge is 0.494 e. The van der Waals surface area contributed by atoms with Crippen LogP contribution in [0.1, 0.15) is 98.0 Å². The zero-order valence-corrected chi connectivity index (χ0v) is 31.8. The molecule has 1 amide bonds. The largest absolute Gasteiger partial charge is 0.510 e. The fraction of sp³-hybridized carbons (Fsp3) is 0.641. The molecule has 0 aromatic heterocycles. The molecule has 0 radical (unpaired) electrons. The number of fused-ring (bicyclic) bond motifs is 1. The van der Waals surface area contributed by atoms with Crippen LogP contribution >= 0.6 is 23.2 Å². The maximum atomic E-state index is 12.9. The number of ether oxygens (including phenoxy) is 3. The van der Waals surface area contributed by atoms with Crippen LogP contribution in [0.5, 0.6) is 5.75 Å². The van der Waals surface area contributed by atoms with Gasteiger partial charge < -0.3 is 19.1 Å². The number of halogens is 2. The van der Waals surface area contributed by atoms with Crippen molar-refractivity contribution in [2.75, 3.05) is 62.5 Å². The van der Waals surface area contributed by atoms with E-state index >= 15 is 0 Å². The van der Waals surface area contributed by atoms with Gasteiger partial charge in [-0.3, -0.25) is 14.6 Å². The van der Waals surface area contributed by atoms with E-state index < -0.39 is 6.16 Å². The zero-order valence-electron chi connectivity index (χ0n) is 30.3. The fourth-order valence-corrected chi connectivity index (χ4v) is 7.69. The highest BCUT2D eigenvalue weighted by Crippen LogP contribution is 2.44. The molecule has 2 aromatic rings. The normalized spacial score (nSPS) is 17.7. The molecule has 49 heavy (non-hydrogen) atoms. The van der Waals surface area contributed by atoms with Gasteiger partial charge in [0.1, 0.15) is 5.75 Å². The number of carbonyl (C=O) groups is 2. The van der Waals surface area contributed by atoms with E-state index in [9.17, 15) is 9.59 Å². The number of hydrogen-bond acceptors (Lipinski definition) is 7. The number of anilines is 2. The first-order chi connectivity index (χ1) is 23.5. The third kappa shape index (κ3) is 11.2. The molecule has 0 bridgehead atoms. The van der Waals surface area contributed by atoms with E-state index in [1.807, 2.05) is 36.4 Å². The van der Waals surface area contributed by atoms with Crippen LogP contribution in [-0.2, 0) is 20.7 Å². The Balaban J connectivity index is 1.19. The second-order valence-corrected chi connectivity index (χ2v) is 15.2. The molecule has 2 unspecified atom stereocenters. The lowest BCUT2D eigenvalue weighted by Crippen LogP contribution is -2.46. The van der Waals surface area contributed by atoms with Crippen LogP contribution in [0.25, 0.3) is 0 Å². The summed E-state index contributed by atoms with van der Waals surface area (Å²) in [6, 6.07) is 11.6. The van der Waals surface area contributed by atoms with E-state index in [4.69, 9.17) is 37.4 Å². The highest BCUT2D eigenvalue weighted by atomic mass is 35.5. The summed E-state index contributed by atoms with van der Waals surface area (Å²) in [5.74, 6) is 0.623. The van der Waals surface area contributed by atoms with Gasteiger partial charge in [0.25, 0.3) is 0 Å². The molecule has 0 N–H and O–H groups in total. The lowest BCUT2D eigenvalue weighted by atomic mass is 9.67. The van der Waals surface area contributed by atoms with Gasteiger partial charge in [0.05, 0.1) is 34.6 Å². The molecule has 1 fully saturated rings. The summed E-state index contributed by atoms with van der Waals surface area (Å²) in [6.45, 7) is 16.9. The molecule has 10 heteroatoms. The fourth-order valence-electron chi connectivity index (χ4n) is 7.28. The van der Waals surface area contributed by atoms with Crippen LogP contribution in [0.3, 0.4) is 0 Å². The average Bonchev–Trinajstić information content (AvgIpc) is 3.09. The van der Waals surface area contributed by atoms with Crippen LogP contribution in [0.2, 0.25) is 10.0 Å². The van der Waals surface area contributed by atoms with Gasteiger partial charge >= 0.3 is 6.16 Å². The zero-order chi connectivity index (χ0) is 35.4. The van der Waals surface area contributed by atoms with Crippen molar-refractivity contribution in [3.63, 3.8) is 0 Å². The van der Waals surface area contributed by atoms with E-state index in [1.54, 1.807) is 0 Å². The maximum Gasteiger partial charge on any atom is 0.510 e. The number of amides is 1. The number of benzene rings is 2. The van der Waals surface area contributed by atoms with Crippen molar-refractivity contribution in [2.45, 2.75) is 98.8 Å². The van der Waals surface area contributed by atoms with Crippen LogP contribution < -0.4 is 14.5 Å². The van der Waals surface area contributed by atoms with E-state index in [2.05, 4.69) is 44.4 Å². The summed E-state index contributed by atoms with van der Waals surface area (Å²) in [5, 5.41) is 1.21. The minimum atomic E-state index is -0.743. The Bertz CT molecular complexity index is 1380. The highest BCUT2D eigenvalue weighted by Gasteiger charge is 2.33. The number of unbranched alkanes of at least 4 members (excludes halogenated alkanes) is 1. The molecule has 2 heterocycles. The molecule has 272 valence electrons. The van der Waals surface area contributed by atoms with Gasteiger partial charge in [-0.1, -0.05) is 89.2 Å². The SMILES string of the molecule is CCCC(C)(CC)CC(C)(CC)CCOC(=O)OCN1C(=O)CCc2ccc(OCCCCN3CCN(c4cccc(Cl)c4Cl)CC3)cc21. The van der Waals surface area contributed by atoms with Crippen molar-refractivity contribution >= 4 is 46.6 Å². The highest BCUT2D eigenvalue weighted by molar-refractivity contribution is 6.43. The monoisotopic (exact) mass is 717 g/mol. The van der Waals surface area contributed by atoms with Crippen LogP contribution in [0.15, 0.2) is 36.4 Å². The summed E-state index contributed by atoms with van der Waals surface area (Å²) >= 11 is 12.6. The van der Waals surface area contributed by atoms with E-state index in [-0.39, 0.29) is 23.5 Å². The number of carbonyl (C=O) groups excluding carboxylic acids is 2. The molecule has 1 saturated heterocycles. The number of nitrogens with zero attached hydrogens (tertiary/aromatic N) is 3. The standard InChI is InChI=1S/C39H57Cl2N3O5/c1-6-18-38(4,7-2)28-39(5,8-3)19-26-48-37(46)49-29-44-34-27-31(16-14-30(34)15-17-35(44)45)47-25-10-9-20-42-21-23-43(24-22-42)33-13-11-12-32(40)36(33)41/h11-14,16,27H,6-10,15,17-26,28-29H2,1-5H3. The van der Waals surface area contributed by atoms with Crippen LogP contribution in [0.4, 0.5) is 16.2 Å². The Kier molecular flexibility index (Phi) is 14.8. The first-order valence-corrected chi connectivity index (χ1v) is 19.0. The lowest BCUT2D eigenvalue weighted by Gasteiger charge is -2.39. The first kappa shape index (κ1) is 39.1. The topological polar surface area (TPSA) is 71.5 Å². The van der Waals surface area contributed by atoms with Gasteiger partial charge in [-0.15, -0.1) is 0 Å². The van der Waals surface area contributed by atoms with Crippen LogP contribution in [0, 0.1) is 10.8 Å². The summed E-state index contributed by atoms with van der Waals surface area (Å²) < 4.78 is 17.1. The van der Waals surface area contributed by atoms with Crippen molar-refractivity contribution in [3.05, 3.63) is 52.0 Å². The van der Waals surface area contributed by atoms with Gasteiger partial charge in [-0.05, 0) is 79.7 Å². The Hall–Kier alpha value is -2.68. The van der Waals surface area contributed by atoms with E-state index in [0.29, 0.717) is 41.9 Å². The van der Waals surface area contributed by atoms with Crippen molar-refractivity contribution in [1.82, 2.24) is 4.90 Å². The van der Waals surface area contributed by atoms with E-state index in [0.717, 1.165) is 88.2 Å². The molecule has 2 aliphatic heterocycles. The number of piperazine rings is 1. The summed E-state index contributed by atoms with van der Waals surface area (Å²) in [7, 11) is 0. The molecule has 2 aromatic carbocycles. The average molecular weight is 719 g/mol. The molecule has 0 spiro atoms. The second kappa shape index (κ2) is 18.5. The predicted molar refractivity (Wildman–Crippen MR) is 200 cm³/mol. The Morgan fingerprint density at radius 3 is 2.31 bits per heavy atom.